The van der Waals surface area contributed by atoms with Crippen LogP contribution in [0.3, 0.4) is 0 Å². The molecular weight excluding hydrogens is 365 g/mol. The van der Waals surface area contributed by atoms with Crippen molar-refractivity contribution in [2.75, 3.05) is 6.54 Å². The maximum Gasteiger partial charge on any atom is 0.471 e. The highest BCUT2D eigenvalue weighted by Gasteiger charge is 2.52. The third kappa shape index (κ3) is 5.16. The van der Waals surface area contributed by atoms with E-state index in [-0.39, 0.29) is 30.5 Å². The van der Waals surface area contributed by atoms with Gasteiger partial charge in [0.15, 0.2) is 0 Å². The Kier molecular flexibility index (Phi) is 6.48. The number of carbonyl (C=O) groups excluding carboxylic acids is 1. The first kappa shape index (κ1) is 20.9. The van der Waals surface area contributed by atoms with E-state index in [0.29, 0.717) is 6.42 Å². The Morgan fingerprint density at radius 1 is 1.18 bits per heavy atom. The molecule has 0 aromatic heterocycles. The molecule has 0 radical (unpaired) electrons. The molecule has 0 heterocycles. The first-order valence-corrected chi connectivity index (χ1v) is 10.2. The molecule has 2 atom stereocenters. The quantitative estimate of drug-likeness (QED) is 0.755. The predicted molar refractivity (Wildman–Crippen MR) is 104 cm³/mol. The number of halogens is 3. The number of nitrogens with zero attached hydrogens (tertiary/aromatic N) is 1. The fraction of sp³-hybridized carbons (Fsp3) is 0.591. The van der Waals surface area contributed by atoms with Crippen molar-refractivity contribution in [3.05, 3.63) is 41.5 Å². The van der Waals surface area contributed by atoms with E-state index in [1.54, 1.807) is 0 Å². The van der Waals surface area contributed by atoms with E-state index in [4.69, 9.17) is 5.73 Å². The summed E-state index contributed by atoms with van der Waals surface area (Å²) in [5, 5.41) is 0. The molecule has 1 aromatic carbocycles. The lowest BCUT2D eigenvalue weighted by atomic mass is 9.86. The van der Waals surface area contributed by atoms with Crippen molar-refractivity contribution in [2.24, 2.45) is 17.6 Å². The summed E-state index contributed by atoms with van der Waals surface area (Å²) in [4.78, 5) is 13.3. The van der Waals surface area contributed by atoms with E-state index in [1.165, 1.54) is 0 Å². The summed E-state index contributed by atoms with van der Waals surface area (Å²) in [7, 11) is 0. The third-order valence-corrected chi connectivity index (χ3v) is 6.04. The lowest BCUT2D eigenvalue weighted by Crippen LogP contribution is -2.46. The van der Waals surface area contributed by atoms with Gasteiger partial charge in [-0.25, -0.2) is 0 Å². The van der Waals surface area contributed by atoms with Crippen LogP contribution in [0.5, 0.6) is 0 Å². The third-order valence-electron chi connectivity index (χ3n) is 6.04. The molecule has 1 amide bonds. The van der Waals surface area contributed by atoms with Crippen LogP contribution < -0.4 is 5.73 Å². The smallest absolute Gasteiger partial charge is 0.331 e. The van der Waals surface area contributed by atoms with Crippen molar-refractivity contribution in [3.8, 4) is 0 Å². The van der Waals surface area contributed by atoms with Gasteiger partial charge in [0.05, 0.1) is 0 Å². The standard InChI is InChI=1S/C22H29F3N2O/c1-2-17(12-15-6-4-3-5-7-15)19-13-20(19)27(21(28)22(23,24)25)14-16-8-10-18(26)11-9-16/h3-7,12,16,18-20H,2,8-11,13-14,26H2,1H3/b17-12+/t16-,18-,19-,20+/m0/s1. The molecular formula is C22H29F3N2O. The van der Waals surface area contributed by atoms with E-state index >= 15 is 0 Å². The summed E-state index contributed by atoms with van der Waals surface area (Å²) in [6, 6.07) is 9.57. The van der Waals surface area contributed by atoms with Crippen LogP contribution in [0.4, 0.5) is 13.2 Å². The van der Waals surface area contributed by atoms with Gasteiger partial charge in [-0.1, -0.05) is 48.9 Å². The molecule has 2 saturated carbocycles. The maximum absolute atomic E-state index is 13.2. The zero-order valence-electron chi connectivity index (χ0n) is 16.3. The minimum Gasteiger partial charge on any atom is -0.331 e. The monoisotopic (exact) mass is 394 g/mol. The Labute approximate surface area is 164 Å². The highest BCUT2D eigenvalue weighted by atomic mass is 19.4. The fourth-order valence-corrected chi connectivity index (χ4v) is 4.34. The summed E-state index contributed by atoms with van der Waals surface area (Å²) in [6.45, 7) is 2.21. The summed E-state index contributed by atoms with van der Waals surface area (Å²) >= 11 is 0. The van der Waals surface area contributed by atoms with Gasteiger partial charge in [0, 0.05) is 24.5 Å². The summed E-state index contributed by atoms with van der Waals surface area (Å²) in [5.74, 6) is -1.57. The van der Waals surface area contributed by atoms with Gasteiger partial charge in [-0.3, -0.25) is 4.79 Å². The Balaban J connectivity index is 1.74. The highest BCUT2D eigenvalue weighted by molar-refractivity contribution is 5.82. The molecule has 3 rings (SSSR count). The largest absolute Gasteiger partial charge is 0.471 e. The number of alkyl halides is 3. The molecule has 2 fully saturated rings. The second kappa shape index (κ2) is 8.68. The van der Waals surface area contributed by atoms with E-state index in [1.807, 2.05) is 37.3 Å². The van der Waals surface area contributed by atoms with E-state index < -0.39 is 12.1 Å². The zero-order chi connectivity index (χ0) is 20.3. The number of rotatable bonds is 6. The summed E-state index contributed by atoms with van der Waals surface area (Å²) < 4.78 is 39.7. The average Bonchev–Trinajstić information content (AvgIpc) is 3.45. The van der Waals surface area contributed by atoms with E-state index in [2.05, 4.69) is 6.08 Å². The van der Waals surface area contributed by atoms with Crippen LogP contribution in [-0.4, -0.2) is 35.6 Å². The molecule has 6 heteroatoms. The number of hydrogen-bond donors (Lipinski definition) is 1. The number of amides is 1. The van der Waals surface area contributed by atoms with Crippen molar-refractivity contribution >= 4 is 12.0 Å². The van der Waals surface area contributed by atoms with Gasteiger partial charge in [-0.2, -0.15) is 13.2 Å². The molecule has 28 heavy (non-hydrogen) atoms. The molecule has 0 aliphatic heterocycles. The van der Waals surface area contributed by atoms with Gasteiger partial charge in [0.25, 0.3) is 0 Å². The molecule has 154 valence electrons. The molecule has 1 aromatic rings. The molecule has 2 aliphatic rings. The first-order chi connectivity index (χ1) is 13.3. The Morgan fingerprint density at radius 3 is 2.39 bits per heavy atom. The molecule has 0 unspecified atom stereocenters. The Hall–Kier alpha value is -1.82. The molecule has 3 nitrogen and oxygen atoms in total. The van der Waals surface area contributed by atoms with Crippen LogP contribution in [0.25, 0.3) is 6.08 Å². The van der Waals surface area contributed by atoms with Crippen LogP contribution >= 0.6 is 0 Å². The van der Waals surface area contributed by atoms with Gasteiger partial charge in [-0.15, -0.1) is 0 Å². The summed E-state index contributed by atoms with van der Waals surface area (Å²) in [6.07, 6.45) is 1.83. The van der Waals surface area contributed by atoms with Crippen LogP contribution in [-0.2, 0) is 4.79 Å². The Bertz CT molecular complexity index is 693. The van der Waals surface area contributed by atoms with Crippen molar-refractivity contribution in [3.63, 3.8) is 0 Å². The zero-order valence-corrected chi connectivity index (χ0v) is 16.3. The van der Waals surface area contributed by atoms with Crippen molar-refractivity contribution < 1.29 is 18.0 Å². The van der Waals surface area contributed by atoms with Gasteiger partial charge in [0.2, 0.25) is 0 Å². The van der Waals surface area contributed by atoms with E-state index in [0.717, 1.165) is 48.1 Å². The van der Waals surface area contributed by atoms with Gasteiger partial charge in [0.1, 0.15) is 0 Å². The van der Waals surface area contributed by atoms with Crippen molar-refractivity contribution in [1.82, 2.24) is 4.90 Å². The van der Waals surface area contributed by atoms with Crippen molar-refractivity contribution in [2.45, 2.75) is 63.7 Å². The van der Waals surface area contributed by atoms with Gasteiger partial charge < -0.3 is 10.6 Å². The lowest BCUT2D eigenvalue weighted by Gasteiger charge is -2.32. The second-order valence-corrected chi connectivity index (χ2v) is 8.13. The number of carbonyl (C=O) groups is 1. The van der Waals surface area contributed by atoms with E-state index in [9.17, 15) is 18.0 Å². The minimum atomic E-state index is -4.83. The SMILES string of the molecule is CC/C(=C\c1ccccc1)[C@@H]1C[C@H]1N(C[C@H]1CC[C@H](N)CC1)C(=O)C(F)(F)F. The first-order valence-electron chi connectivity index (χ1n) is 10.2. The molecule has 0 saturated heterocycles. The minimum absolute atomic E-state index is 0.0161. The van der Waals surface area contributed by atoms with Crippen LogP contribution in [0.15, 0.2) is 35.9 Å². The topological polar surface area (TPSA) is 46.3 Å². The maximum atomic E-state index is 13.2. The molecule has 0 spiro atoms. The Morgan fingerprint density at radius 2 is 1.82 bits per heavy atom. The number of hydrogen-bond acceptors (Lipinski definition) is 2. The molecule has 2 aliphatic carbocycles. The number of nitrogens with two attached hydrogens (primary N) is 1. The summed E-state index contributed by atoms with van der Waals surface area (Å²) in [5.41, 5.74) is 8.07. The molecule has 0 bridgehead atoms. The van der Waals surface area contributed by atoms with Gasteiger partial charge in [-0.05, 0) is 50.0 Å². The predicted octanol–water partition coefficient (Wildman–Crippen LogP) is 4.78. The van der Waals surface area contributed by atoms with Crippen molar-refractivity contribution in [1.29, 1.82) is 0 Å². The second-order valence-electron chi connectivity index (χ2n) is 8.13. The number of benzene rings is 1. The average molecular weight is 394 g/mol. The fourth-order valence-electron chi connectivity index (χ4n) is 4.34. The van der Waals surface area contributed by atoms with Gasteiger partial charge >= 0.3 is 12.1 Å². The van der Waals surface area contributed by atoms with Crippen LogP contribution in [0, 0.1) is 11.8 Å². The lowest BCUT2D eigenvalue weighted by molar-refractivity contribution is -0.187. The van der Waals surface area contributed by atoms with Crippen LogP contribution in [0.1, 0.15) is 51.0 Å². The normalized spacial score (nSPS) is 28.1. The van der Waals surface area contributed by atoms with Crippen LogP contribution in [0.2, 0.25) is 0 Å². The molecule has 2 N–H and O–H groups in total. The highest BCUT2D eigenvalue weighted by Crippen LogP contribution is 2.45.